The third-order valence-electron chi connectivity index (χ3n) is 3.18. The van der Waals surface area contributed by atoms with E-state index in [9.17, 15) is 0 Å². The average molecular weight is 275 g/mol. The highest BCUT2D eigenvalue weighted by atomic mass is 35.5. The van der Waals surface area contributed by atoms with Crippen LogP contribution in [-0.2, 0) is 6.42 Å². The highest BCUT2D eigenvalue weighted by molar-refractivity contribution is 6.30. The lowest BCUT2D eigenvalue weighted by Crippen LogP contribution is -2.44. The maximum absolute atomic E-state index is 5.94. The Balaban J connectivity index is 2.11. The fraction of sp³-hybridized carbons (Fsp3) is 0.250. The van der Waals surface area contributed by atoms with Crippen LogP contribution in [0.4, 0.5) is 5.69 Å². The van der Waals surface area contributed by atoms with Crippen LogP contribution in [0.2, 0.25) is 5.02 Å². The summed E-state index contributed by atoms with van der Waals surface area (Å²) in [6.45, 7) is 2.69. The van der Waals surface area contributed by atoms with E-state index in [1.807, 2.05) is 42.5 Å². The van der Waals surface area contributed by atoms with Gasteiger partial charge in [-0.1, -0.05) is 41.9 Å². The van der Waals surface area contributed by atoms with E-state index in [2.05, 4.69) is 24.4 Å². The molecule has 1 unspecified atom stereocenters. The smallest absolute Gasteiger partial charge is 0.0507 e. The molecule has 0 saturated carbocycles. The van der Waals surface area contributed by atoms with E-state index in [-0.39, 0.29) is 5.54 Å². The summed E-state index contributed by atoms with van der Waals surface area (Å²) in [6, 6.07) is 18.1. The Hall–Kier alpha value is -1.51. The van der Waals surface area contributed by atoms with Gasteiger partial charge in [0.15, 0.2) is 0 Å². The summed E-state index contributed by atoms with van der Waals surface area (Å²) in [5.74, 6) is 0. The fourth-order valence-corrected chi connectivity index (χ4v) is 2.22. The molecule has 19 heavy (non-hydrogen) atoms. The number of hydrogen-bond acceptors (Lipinski definition) is 2. The Morgan fingerprint density at radius 3 is 2.26 bits per heavy atom. The van der Waals surface area contributed by atoms with Gasteiger partial charge in [-0.25, -0.2) is 0 Å². The van der Waals surface area contributed by atoms with Gasteiger partial charge in [-0.2, -0.15) is 0 Å². The van der Waals surface area contributed by atoms with Gasteiger partial charge in [0, 0.05) is 17.3 Å². The van der Waals surface area contributed by atoms with Gasteiger partial charge in [-0.3, -0.25) is 0 Å². The molecule has 0 heterocycles. The molecule has 3 N–H and O–H groups in total. The van der Waals surface area contributed by atoms with Crippen LogP contribution >= 0.6 is 11.6 Å². The Morgan fingerprint density at radius 1 is 1.05 bits per heavy atom. The van der Waals surface area contributed by atoms with Crippen molar-refractivity contribution in [3.63, 3.8) is 0 Å². The molecule has 0 amide bonds. The first kappa shape index (κ1) is 13.9. The highest BCUT2D eigenvalue weighted by Crippen LogP contribution is 2.20. The molecule has 2 aromatic rings. The van der Waals surface area contributed by atoms with Gasteiger partial charge in [0.25, 0.3) is 0 Å². The number of rotatable bonds is 5. The summed E-state index contributed by atoms with van der Waals surface area (Å²) in [4.78, 5) is 0. The van der Waals surface area contributed by atoms with Crippen molar-refractivity contribution in [2.45, 2.75) is 18.9 Å². The number of benzene rings is 2. The van der Waals surface area contributed by atoms with Crippen LogP contribution in [0.5, 0.6) is 0 Å². The quantitative estimate of drug-likeness (QED) is 0.872. The van der Waals surface area contributed by atoms with Crippen molar-refractivity contribution in [2.24, 2.45) is 5.73 Å². The maximum atomic E-state index is 5.94. The lowest BCUT2D eigenvalue weighted by atomic mass is 9.92. The molecular weight excluding hydrogens is 256 g/mol. The minimum atomic E-state index is -0.171. The van der Waals surface area contributed by atoms with Gasteiger partial charge in [0.1, 0.15) is 0 Å². The van der Waals surface area contributed by atoms with Gasteiger partial charge < -0.3 is 11.1 Å². The Bertz CT molecular complexity index is 510. The minimum Gasteiger partial charge on any atom is -0.378 e. The summed E-state index contributed by atoms with van der Waals surface area (Å²) in [6.07, 6.45) is 0.857. The van der Waals surface area contributed by atoms with E-state index < -0.39 is 0 Å². The second-order valence-corrected chi connectivity index (χ2v) is 5.50. The zero-order valence-electron chi connectivity index (χ0n) is 11.1. The normalized spacial score (nSPS) is 13.8. The molecular formula is C16H19ClN2. The molecule has 0 aliphatic carbocycles. The molecule has 0 aromatic heterocycles. The van der Waals surface area contributed by atoms with E-state index >= 15 is 0 Å². The van der Waals surface area contributed by atoms with Crippen molar-refractivity contribution in [3.05, 3.63) is 65.2 Å². The SMILES string of the molecule is CC(CN)(Cc1ccc(Cl)cc1)Nc1ccccc1. The number of nitrogens with one attached hydrogen (secondary N) is 1. The third kappa shape index (κ3) is 3.98. The van der Waals surface area contributed by atoms with E-state index in [0.717, 1.165) is 17.1 Å². The molecule has 100 valence electrons. The van der Waals surface area contributed by atoms with E-state index in [4.69, 9.17) is 17.3 Å². The van der Waals surface area contributed by atoms with Crippen LogP contribution in [0.15, 0.2) is 54.6 Å². The van der Waals surface area contributed by atoms with Crippen molar-refractivity contribution in [1.29, 1.82) is 0 Å². The van der Waals surface area contributed by atoms with Gasteiger partial charge in [-0.05, 0) is 43.2 Å². The van der Waals surface area contributed by atoms with Crippen LogP contribution in [0.3, 0.4) is 0 Å². The molecule has 0 aliphatic rings. The Kier molecular flexibility index (Phi) is 4.46. The zero-order valence-corrected chi connectivity index (χ0v) is 11.8. The lowest BCUT2D eigenvalue weighted by molar-refractivity contribution is 0.521. The van der Waals surface area contributed by atoms with Crippen molar-refractivity contribution < 1.29 is 0 Å². The first-order valence-electron chi connectivity index (χ1n) is 6.39. The average Bonchev–Trinajstić information content (AvgIpc) is 2.42. The summed E-state index contributed by atoms with van der Waals surface area (Å²) >= 11 is 5.91. The summed E-state index contributed by atoms with van der Waals surface area (Å²) in [5.41, 5.74) is 8.08. The van der Waals surface area contributed by atoms with Crippen molar-refractivity contribution in [2.75, 3.05) is 11.9 Å². The first-order chi connectivity index (χ1) is 9.11. The van der Waals surface area contributed by atoms with E-state index in [1.165, 1.54) is 5.56 Å². The van der Waals surface area contributed by atoms with Gasteiger partial charge in [0.2, 0.25) is 0 Å². The van der Waals surface area contributed by atoms with Crippen molar-refractivity contribution in [1.82, 2.24) is 0 Å². The van der Waals surface area contributed by atoms with Crippen LogP contribution < -0.4 is 11.1 Å². The van der Waals surface area contributed by atoms with Gasteiger partial charge in [0.05, 0.1) is 5.54 Å². The molecule has 2 nitrogen and oxygen atoms in total. The predicted molar refractivity (Wildman–Crippen MR) is 82.7 cm³/mol. The van der Waals surface area contributed by atoms with Gasteiger partial charge in [-0.15, -0.1) is 0 Å². The lowest BCUT2D eigenvalue weighted by Gasteiger charge is -2.31. The molecule has 0 fully saturated rings. The number of para-hydroxylation sites is 1. The van der Waals surface area contributed by atoms with E-state index in [0.29, 0.717) is 6.54 Å². The van der Waals surface area contributed by atoms with Crippen LogP contribution in [0.25, 0.3) is 0 Å². The Labute approximate surface area is 119 Å². The molecule has 2 aromatic carbocycles. The largest absolute Gasteiger partial charge is 0.378 e. The number of anilines is 1. The summed E-state index contributed by atoms with van der Waals surface area (Å²) in [5, 5.41) is 4.27. The van der Waals surface area contributed by atoms with E-state index in [1.54, 1.807) is 0 Å². The first-order valence-corrected chi connectivity index (χ1v) is 6.77. The molecule has 2 rings (SSSR count). The highest BCUT2D eigenvalue weighted by Gasteiger charge is 2.22. The minimum absolute atomic E-state index is 0.171. The second kappa shape index (κ2) is 6.09. The second-order valence-electron chi connectivity index (χ2n) is 5.06. The predicted octanol–water partition coefficient (Wildman–Crippen LogP) is 3.71. The zero-order chi connectivity index (χ0) is 13.7. The molecule has 0 spiro atoms. The molecule has 0 radical (unpaired) electrons. The third-order valence-corrected chi connectivity index (χ3v) is 3.43. The molecule has 0 aliphatic heterocycles. The van der Waals surface area contributed by atoms with Crippen LogP contribution in [-0.4, -0.2) is 12.1 Å². The Morgan fingerprint density at radius 2 is 1.68 bits per heavy atom. The van der Waals surface area contributed by atoms with Crippen LogP contribution in [0.1, 0.15) is 12.5 Å². The summed E-state index contributed by atoms with van der Waals surface area (Å²) in [7, 11) is 0. The molecule has 1 atom stereocenters. The van der Waals surface area contributed by atoms with Crippen LogP contribution in [0, 0.1) is 0 Å². The van der Waals surface area contributed by atoms with Crippen molar-refractivity contribution >= 4 is 17.3 Å². The maximum Gasteiger partial charge on any atom is 0.0507 e. The standard InChI is InChI=1S/C16H19ClN2/c1-16(12-18,19-15-5-3-2-4-6-15)11-13-7-9-14(17)10-8-13/h2-10,19H,11-12,18H2,1H3. The topological polar surface area (TPSA) is 38.0 Å². The summed E-state index contributed by atoms with van der Waals surface area (Å²) < 4.78 is 0. The fourth-order valence-electron chi connectivity index (χ4n) is 2.09. The number of nitrogens with two attached hydrogens (primary N) is 1. The molecule has 0 saturated heterocycles. The van der Waals surface area contributed by atoms with Crippen molar-refractivity contribution in [3.8, 4) is 0 Å². The molecule has 3 heteroatoms. The number of hydrogen-bond donors (Lipinski definition) is 2. The monoisotopic (exact) mass is 274 g/mol. The molecule has 0 bridgehead atoms. The number of halogens is 1. The van der Waals surface area contributed by atoms with Gasteiger partial charge >= 0.3 is 0 Å².